The number of aliphatic hydroxyl groups is 1. The highest BCUT2D eigenvalue weighted by Gasteiger charge is 2.58. The fourth-order valence-electron chi connectivity index (χ4n) is 7.04. The lowest BCUT2D eigenvalue weighted by atomic mass is 9.46. The minimum Gasteiger partial charge on any atom is -0.393 e. The van der Waals surface area contributed by atoms with Crippen molar-refractivity contribution in [3.63, 3.8) is 0 Å². The van der Waals surface area contributed by atoms with E-state index in [9.17, 15) is 9.90 Å². The molecular weight excluding hydrogens is 260 g/mol. The van der Waals surface area contributed by atoms with Crippen LogP contribution in [0.2, 0.25) is 0 Å². The Kier molecular flexibility index (Phi) is 3.10. The predicted octanol–water partition coefficient (Wildman–Crippen LogP) is 3.96. The van der Waals surface area contributed by atoms with Crippen molar-refractivity contribution < 1.29 is 9.90 Å². The third-order valence-electron chi connectivity index (χ3n) is 8.24. The van der Waals surface area contributed by atoms with Crippen LogP contribution in [0.5, 0.6) is 0 Å². The lowest BCUT2D eigenvalue weighted by molar-refractivity contribution is -0.138. The molecule has 0 amide bonds. The molecule has 1 N–H and O–H groups in total. The van der Waals surface area contributed by atoms with Gasteiger partial charge in [-0.3, -0.25) is 4.79 Å². The lowest BCUT2D eigenvalue weighted by Crippen LogP contribution is -2.52. The topological polar surface area (TPSA) is 37.3 Å². The first-order chi connectivity index (χ1) is 9.94. The molecule has 0 spiro atoms. The van der Waals surface area contributed by atoms with Gasteiger partial charge in [0.25, 0.3) is 0 Å². The van der Waals surface area contributed by atoms with Crippen LogP contribution in [-0.4, -0.2) is 17.0 Å². The van der Waals surface area contributed by atoms with Crippen molar-refractivity contribution >= 4 is 5.78 Å². The summed E-state index contributed by atoms with van der Waals surface area (Å²) in [5.41, 5.74) is 0.487. The Labute approximate surface area is 128 Å². The summed E-state index contributed by atoms with van der Waals surface area (Å²) in [7, 11) is 0. The van der Waals surface area contributed by atoms with Crippen LogP contribution in [-0.2, 0) is 4.79 Å². The van der Waals surface area contributed by atoms with E-state index in [2.05, 4.69) is 13.8 Å². The number of aliphatic hydroxyl groups excluding tert-OH is 1. The monoisotopic (exact) mass is 290 g/mol. The number of hydrogen-bond donors (Lipinski definition) is 1. The van der Waals surface area contributed by atoms with Crippen molar-refractivity contribution in [3.8, 4) is 0 Å². The van der Waals surface area contributed by atoms with E-state index in [4.69, 9.17) is 0 Å². The molecule has 0 unspecified atom stereocenters. The van der Waals surface area contributed by atoms with E-state index >= 15 is 0 Å². The van der Waals surface area contributed by atoms with Crippen molar-refractivity contribution in [3.05, 3.63) is 0 Å². The van der Waals surface area contributed by atoms with E-state index in [0.29, 0.717) is 11.2 Å². The van der Waals surface area contributed by atoms with Gasteiger partial charge < -0.3 is 5.11 Å². The summed E-state index contributed by atoms with van der Waals surface area (Å²) in [6.07, 6.45) is 10.0. The van der Waals surface area contributed by atoms with Gasteiger partial charge in [-0.1, -0.05) is 13.8 Å². The molecule has 0 aromatic carbocycles. The Morgan fingerprint density at radius 2 is 1.67 bits per heavy atom. The molecule has 2 heteroatoms. The molecule has 7 atom stereocenters. The minimum absolute atomic E-state index is 0.0651. The van der Waals surface area contributed by atoms with Crippen LogP contribution in [0.1, 0.15) is 71.6 Å². The van der Waals surface area contributed by atoms with Gasteiger partial charge in [-0.25, -0.2) is 0 Å². The molecule has 0 radical (unpaired) electrons. The molecule has 4 aliphatic rings. The first-order valence-corrected chi connectivity index (χ1v) is 9.14. The summed E-state index contributed by atoms with van der Waals surface area (Å²) in [6.45, 7) is 4.74. The van der Waals surface area contributed by atoms with Crippen LogP contribution in [0, 0.1) is 34.5 Å². The molecular formula is C19H30O2. The number of ketones is 1. The van der Waals surface area contributed by atoms with Crippen molar-refractivity contribution in [1.82, 2.24) is 0 Å². The average Bonchev–Trinajstić information content (AvgIpc) is 2.73. The van der Waals surface area contributed by atoms with Crippen molar-refractivity contribution in [2.75, 3.05) is 0 Å². The molecule has 0 heterocycles. The van der Waals surface area contributed by atoms with Crippen LogP contribution >= 0.6 is 0 Å². The molecule has 0 aromatic rings. The van der Waals surface area contributed by atoms with Gasteiger partial charge in [-0.2, -0.15) is 0 Å². The van der Waals surface area contributed by atoms with Gasteiger partial charge >= 0.3 is 0 Å². The highest BCUT2D eigenvalue weighted by molar-refractivity contribution is 5.80. The maximum absolute atomic E-state index is 11.9. The van der Waals surface area contributed by atoms with Crippen LogP contribution in [0.3, 0.4) is 0 Å². The zero-order chi connectivity index (χ0) is 14.8. The first-order valence-electron chi connectivity index (χ1n) is 9.14. The number of Topliss-reactive ketones (excluding diaryl/α,β-unsaturated/α-hetero) is 1. The Balaban J connectivity index is 1.62. The molecule has 4 rings (SSSR count). The smallest absolute Gasteiger partial charge is 0.133 e. The van der Waals surface area contributed by atoms with E-state index in [1.54, 1.807) is 0 Å². The summed E-state index contributed by atoms with van der Waals surface area (Å²) in [5, 5.41) is 10.4. The largest absolute Gasteiger partial charge is 0.393 e. The summed E-state index contributed by atoms with van der Waals surface area (Å²) >= 11 is 0. The maximum atomic E-state index is 11.9. The van der Waals surface area contributed by atoms with E-state index < -0.39 is 0 Å². The minimum atomic E-state index is -0.0651. The summed E-state index contributed by atoms with van der Waals surface area (Å²) in [4.78, 5) is 11.9. The van der Waals surface area contributed by atoms with Gasteiger partial charge in [0.1, 0.15) is 5.78 Å². The molecule has 4 fully saturated rings. The third kappa shape index (κ3) is 1.90. The normalized spacial score (nSPS) is 56.5. The van der Waals surface area contributed by atoms with E-state index in [1.807, 2.05) is 0 Å². The summed E-state index contributed by atoms with van der Waals surface area (Å²) in [5.74, 6) is 3.68. The fraction of sp³-hybridized carbons (Fsp3) is 0.947. The van der Waals surface area contributed by atoms with E-state index in [-0.39, 0.29) is 11.5 Å². The fourth-order valence-corrected chi connectivity index (χ4v) is 7.04. The van der Waals surface area contributed by atoms with Crippen molar-refractivity contribution in [2.24, 2.45) is 34.5 Å². The molecule has 4 aliphatic carbocycles. The van der Waals surface area contributed by atoms with Gasteiger partial charge in [0, 0.05) is 12.8 Å². The Hall–Kier alpha value is -0.370. The zero-order valence-corrected chi connectivity index (χ0v) is 13.6. The second kappa shape index (κ2) is 4.57. The molecule has 0 aromatic heterocycles. The number of rotatable bonds is 0. The second-order valence-corrected chi connectivity index (χ2v) is 9.13. The molecule has 0 saturated heterocycles. The number of fused-ring (bicyclic) bond motifs is 5. The van der Waals surface area contributed by atoms with Crippen molar-refractivity contribution in [2.45, 2.75) is 77.7 Å². The number of hydrogen-bond acceptors (Lipinski definition) is 2. The third-order valence-corrected chi connectivity index (χ3v) is 8.24. The van der Waals surface area contributed by atoms with Crippen molar-refractivity contribution in [1.29, 1.82) is 0 Å². The summed E-state index contributed by atoms with van der Waals surface area (Å²) in [6, 6.07) is 0. The standard InChI is InChI=1S/C19H30O2/c1-18-9-7-14-13(15(18)4-3-12(20)11-18)8-10-19(2)16(14)5-6-17(19)21/h13-17,21H,3-11H2,1-2H3/t13-,14+,15+,16-,17-,18-,19-/m0/s1. The number of carbonyl (C=O) groups is 1. The van der Waals surface area contributed by atoms with Gasteiger partial charge in [-0.15, -0.1) is 0 Å². The second-order valence-electron chi connectivity index (χ2n) is 9.13. The average molecular weight is 290 g/mol. The van der Waals surface area contributed by atoms with Gasteiger partial charge in [0.05, 0.1) is 6.10 Å². The van der Waals surface area contributed by atoms with Gasteiger partial charge in [-0.05, 0) is 79.4 Å². The van der Waals surface area contributed by atoms with E-state index in [1.165, 1.54) is 32.1 Å². The Morgan fingerprint density at radius 1 is 0.952 bits per heavy atom. The maximum Gasteiger partial charge on any atom is 0.133 e. The number of carbonyl (C=O) groups excluding carboxylic acids is 1. The highest BCUT2D eigenvalue weighted by atomic mass is 16.3. The van der Waals surface area contributed by atoms with Crippen LogP contribution in [0.15, 0.2) is 0 Å². The van der Waals surface area contributed by atoms with Gasteiger partial charge in [0.15, 0.2) is 0 Å². The van der Waals surface area contributed by atoms with Crippen LogP contribution in [0.4, 0.5) is 0 Å². The van der Waals surface area contributed by atoms with E-state index in [0.717, 1.165) is 49.4 Å². The molecule has 21 heavy (non-hydrogen) atoms. The summed E-state index contributed by atoms with van der Waals surface area (Å²) < 4.78 is 0. The first kappa shape index (κ1) is 14.2. The SMILES string of the molecule is C[C@@]12CC[C@@H]3[C@H](CC[C@]4(C)[C@@H](O)CC[C@@H]34)[C@H]1CCC(=O)C2. The van der Waals surface area contributed by atoms with Crippen LogP contribution in [0.25, 0.3) is 0 Å². The Morgan fingerprint density at radius 3 is 2.48 bits per heavy atom. The Bertz CT molecular complexity index is 458. The molecule has 2 nitrogen and oxygen atoms in total. The highest BCUT2D eigenvalue weighted by Crippen LogP contribution is 2.64. The van der Waals surface area contributed by atoms with Gasteiger partial charge in [0.2, 0.25) is 0 Å². The zero-order valence-electron chi connectivity index (χ0n) is 13.6. The molecule has 0 bridgehead atoms. The molecule has 0 aliphatic heterocycles. The lowest BCUT2D eigenvalue weighted by Gasteiger charge is -2.58. The van der Waals surface area contributed by atoms with Crippen LogP contribution < -0.4 is 0 Å². The predicted molar refractivity (Wildman–Crippen MR) is 82.7 cm³/mol. The molecule has 118 valence electrons. The quantitative estimate of drug-likeness (QED) is 0.733. The molecule has 4 saturated carbocycles.